The number of carbonyl (C=O) groups excluding carboxylic acids is 1. The van der Waals surface area contributed by atoms with Crippen LogP contribution in [0, 0.1) is 0 Å². The van der Waals surface area contributed by atoms with Crippen LogP contribution in [-0.2, 0) is 6.54 Å². The van der Waals surface area contributed by atoms with E-state index in [4.69, 9.17) is 18.4 Å². The van der Waals surface area contributed by atoms with E-state index in [0.717, 1.165) is 5.56 Å². The van der Waals surface area contributed by atoms with Crippen molar-refractivity contribution in [3.63, 3.8) is 0 Å². The molecule has 122 valence electrons. The molecular formula is C15H10BrN3O5. The predicted octanol–water partition coefficient (Wildman–Crippen LogP) is 2.75. The van der Waals surface area contributed by atoms with Crippen LogP contribution in [-0.4, -0.2) is 22.8 Å². The number of hydrogen-bond acceptors (Lipinski definition) is 7. The molecule has 1 amide bonds. The maximum absolute atomic E-state index is 12.1. The molecule has 3 aromatic rings. The second-order valence-corrected chi connectivity index (χ2v) is 5.68. The zero-order chi connectivity index (χ0) is 16.5. The summed E-state index contributed by atoms with van der Waals surface area (Å²) in [6, 6.07) is 8.81. The number of ether oxygens (including phenoxy) is 2. The number of halogens is 1. The summed E-state index contributed by atoms with van der Waals surface area (Å²) in [6.07, 6.45) is 0. The van der Waals surface area contributed by atoms with Gasteiger partial charge < -0.3 is 23.7 Å². The van der Waals surface area contributed by atoms with Gasteiger partial charge in [-0.15, -0.1) is 0 Å². The highest BCUT2D eigenvalue weighted by Crippen LogP contribution is 2.32. The summed E-state index contributed by atoms with van der Waals surface area (Å²) in [7, 11) is 0. The number of hydrogen-bond donors (Lipinski definition) is 1. The SMILES string of the molecule is O=C(NCc1ccc2c(c1)OCO2)c1nc(-c2ccc(Br)o2)no1. The van der Waals surface area contributed by atoms with Crippen LogP contribution in [0.5, 0.6) is 11.5 Å². The molecule has 3 heterocycles. The van der Waals surface area contributed by atoms with Crippen molar-refractivity contribution in [2.45, 2.75) is 6.54 Å². The van der Waals surface area contributed by atoms with Crippen molar-refractivity contribution in [1.29, 1.82) is 0 Å². The third kappa shape index (κ3) is 2.85. The van der Waals surface area contributed by atoms with Crippen LogP contribution in [0.4, 0.5) is 0 Å². The molecule has 1 N–H and O–H groups in total. The average molecular weight is 392 g/mol. The first kappa shape index (κ1) is 14.8. The Morgan fingerprint density at radius 3 is 2.92 bits per heavy atom. The van der Waals surface area contributed by atoms with Gasteiger partial charge in [0.1, 0.15) is 0 Å². The molecule has 0 bridgehead atoms. The summed E-state index contributed by atoms with van der Waals surface area (Å²) >= 11 is 3.19. The zero-order valence-electron chi connectivity index (χ0n) is 12.1. The van der Waals surface area contributed by atoms with Crippen molar-refractivity contribution >= 4 is 21.8 Å². The first-order chi connectivity index (χ1) is 11.7. The second kappa shape index (κ2) is 6.00. The molecule has 24 heavy (non-hydrogen) atoms. The molecule has 0 radical (unpaired) electrons. The molecule has 9 heteroatoms. The Bertz CT molecular complexity index is 904. The lowest BCUT2D eigenvalue weighted by atomic mass is 10.2. The number of nitrogens with zero attached hydrogens (tertiary/aromatic N) is 2. The molecule has 0 fully saturated rings. The number of fused-ring (bicyclic) bond motifs is 1. The van der Waals surface area contributed by atoms with Gasteiger partial charge in [0.2, 0.25) is 12.6 Å². The van der Waals surface area contributed by atoms with Gasteiger partial charge in [-0.1, -0.05) is 11.2 Å². The van der Waals surface area contributed by atoms with Gasteiger partial charge in [-0.25, -0.2) is 0 Å². The summed E-state index contributed by atoms with van der Waals surface area (Å²) in [6.45, 7) is 0.498. The first-order valence-corrected chi connectivity index (χ1v) is 7.74. The quantitative estimate of drug-likeness (QED) is 0.729. The van der Waals surface area contributed by atoms with E-state index in [1.807, 2.05) is 12.1 Å². The molecule has 4 rings (SSSR count). The van der Waals surface area contributed by atoms with E-state index in [0.29, 0.717) is 28.5 Å². The van der Waals surface area contributed by atoms with Crippen molar-refractivity contribution < 1.29 is 23.2 Å². The minimum absolute atomic E-state index is 0.140. The monoisotopic (exact) mass is 391 g/mol. The molecule has 0 unspecified atom stereocenters. The predicted molar refractivity (Wildman–Crippen MR) is 83.4 cm³/mol. The van der Waals surface area contributed by atoms with Gasteiger partial charge in [-0.2, -0.15) is 4.98 Å². The number of rotatable bonds is 4. The normalized spacial score (nSPS) is 12.4. The summed E-state index contributed by atoms with van der Waals surface area (Å²) in [5.74, 6) is 1.34. The van der Waals surface area contributed by atoms with Gasteiger partial charge in [-0.3, -0.25) is 4.79 Å². The molecule has 1 aliphatic rings. The van der Waals surface area contributed by atoms with Crippen LogP contribution in [0.15, 0.2) is 43.9 Å². The molecule has 0 aliphatic carbocycles. The fourth-order valence-corrected chi connectivity index (χ4v) is 2.47. The number of amides is 1. The van der Waals surface area contributed by atoms with Crippen LogP contribution in [0.25, 0.3) is 11.6 Å². The van der Waals surface area contributed by atoms with E-state index in [1.54, 1.807) is 18.2 Å². The lowest BCUT2D eigenvalue weighted by Gasteiger charge is -2.03. The van der Waals surface area contributed by atoms with Crippen molar-refractivity contribution in [3.8, 4) is 23.1 Å². The molecule has 0 saturated heterocycles. The highest BCUT2D eigenvalue weighted by molar-refractivity contribution is 9.10. The van der Waals surface area contributed by atoms with Crippen LogP contribution in [0.2, 0.25) is 0 Å². The van der Waals surface area contributed by atoms with E-state index in [1.165, 1.54) is 0 Å². The van der Waals surface area contributed by atoms with Crippen molar-refractivity contribution in [1.82, 2.24) is 15.5 Å². The Morgan fingerprint density at radius 1 is 1.21 bits per heavy atom. The van der Waals surface area contributed by atoms with Crippen molar-refractivity contribution in [2.24, 2.45) is 0 Å². The highest BCUT2D eigenvalue weighted by atomic mass is 79.9. The molecule has 8 nitrogen and oxygen atoms in total. The molecule has 2 aromatic heterocycles. The van der Waals surface area contributed by atoms with Gasteiger partial charge in [-0.05, 0) is 45.8 Å². The summed E-state index contributed by atoms with van der Waals surface area (Å²) in [4.78, 5) is 16.1. The Kier molecular flexibility index (Phi) is 3.69. The maximum atomic E-state index is 12.1. The van der Waals surface area contributed by atoms with Gasteiger partial charge in [0.05, 0.1) is 0 Å². The largest absolute Gasteiger partial charge is 0.454 e. The number of benzene rings is 1. The fourth-order valence-electron chi connectivity index (χ4n) is 2.16. The Hall–Kier alpha value is -2.81. The smallest absolute Gasteiger partial charge is 0.316 e. The summed E-state index contributed by atoms with van der Waals surface area (Å²) < 4.78 is 21.3. The van der Waals surface area contributed by atoms with Gasteiger partial charge in [0.15, 0.2) is 21.9 Å². The number of aromatic nitrogens is 2. The van der Waals surface area contributed by atoms with Crippen LogP contribution in [0.3, 0.4) is 0 Å². The van der Waals surface area contributed by atoms with Crippen LogP contribution < -0.4 is 14.8 Å². The average Bonchev–Trinajstić information content (AvgIpc) is 3.31. The Balaban J connectivity index is 1.42. The van der Waals surface area contributed by atoms with Gasteiger partial charge >= 0.3 is 11.8 Å². The number of nitrogens with one attached hydrogen (secondary N) is 1. The topological polar surface area (TPSA) is 99.6 Å². The number of furan rings is 1. The fraction of sp³-hybridized carbons (Fsp3) is 0.133. The van der Waals surface area contributed by atoms with Crippen LogP contribution in [0.1, 0.15) is 16.2 Å². The molecule has 1 aliphatic heterocycles. The Labute approximate surface area is 143 Å². The summed E-state index contributed by atoms with van der Waals surface area (Å²) in [5, 5.41) is 6.43. The maximum Gasteiger partial charge on any atom is 0.316 e. The lowest BCUT2D eigenvalue weighted by molar-refractivity contribution is 0.0907. The first-order valence-electron chi connectivity index (χ1n) is 6.95. The second-order valence-electron chi connectivity index (χ2n) is 4.90. The molecule has 1 aromatic carbocycles. The van der Waals surface area contributed by atoms with E-state index >= 15 is 0 Å². The van der Waals surface area contributed by atoms with Gasteiger partial charge in [0, 0.05) is 6.54 Å². The minimum Gasteiger partial charge on any atom is -0.454 e. The Morgan fingerprint density at radius 2 is 2.08 bits per heavy atom. The highest BCUT2D eigenvalue weighted by Gasteiger charge is 2.18. The molecule has 0 spiro atoms. The lowest BCUT2D eigenvalue weighted by Crippen LogP contribution is -2.23. The molecular weight excluding hydrogens is 382 g/mol. The van der Waals surface area contributed by atoms with Crippen LogP contribution >= 0.6 is 15.9 Å². The minimum atomic E-state index is -0.475. The van der Waals surface area contributed by atoms with E-state index in [9.17, 15) is 4.79 Å². The number of carbonyl (C=O) groups is 1. The summed E-state index contributed by atoms with van der Waals surface area (Å²) in [5.41, 5.74) is 0.863. The van der Waals surface area contributed by atoms with E-state index in [2.05, 4.69) is 31.4 Å². The standard InChI is InChI=1S/C15H10BrN3O5/c16-12-4-3-10(23-12)13-18-15(24-19-13)14(20)17-6-8-1-2-9-11(5-8)22-7-21-9/h1-5H,6-7H2,(H,17,20). The zero-order valence-corrected chi connectivity index (χ0v) is 13.7. The molecule has 0 atom stereocenters. The van der Waals surface area contributed by atoms with Crippen molar-refractivity contribution in [3.05, 3.63) is 46.5 Å². The molecule has 0 saturated carbocycles. The van der Waals surface area contributed by atoms with E-state index < -0.39 is 5.91 Å². The third-order valence-corrected chi connectivity index (χ3v) is 3.73. The van der Waals surface area contributed by atoms with E-state index in [-0.39, 0.29) is 18.5 Å². The third-order valence-electron chi connectivity index (χ3n) is 3.30. The van der Waals surface area contributed by atoms with Crippen molar-refractivity contribution in [2.75, 3.05) is 6.79 Å². The van der Waals surface area contributed by atoms with Gasteiger partial charge in [0.25, 0.3) is 0 Å².